The molecule has 5 aliphatic rings. The number of aromatic amines is 1. The van der Waals surface area contributed by atoms with Crippen molar-refractivity contribution in [1.29, 1.82) is 0 Å². The molecule has 9 N–H and O–H groups in total. The highest BCUT2D eigenvalue weighted by molar-refractivity contribution is 6.01. The van der Waals surface area contributed by atoms with Crippen LogP contribution < -0.4 is 41.3 Å². The molecule has 0 radical (unpaired) electrons. The van der Waals surface area contributed by atoms with E-state index in [1.807, 2.05) is 36.4 Å². The van der Waals surface area contributed by atoms with Crippen molar-refractivity contribution in [3.63, 3.8) is 0 Å². The molecular formula is C77H76N6O8. The fourth-order valence-corrected chi connectivity index (χ4v) is 15.0. The summed E-state index contributed by atoms with van der Waals surface area (Å²) in [5.74, 6) is 1.83. The molecule has 4 bridgehead atoms. The number of aliphatic hydroxyl groups excluding tert-OH is 2. The molecule has 1 saturated carbocycles. The van der Waals surface area contributed by atoms with Crippen LogP contribution in [0.15, 0.2) is 184 Å². The molecule has 462 valence electrons. The van der Waals surface area contributed by atoms with E-state index in [2.05, 4.69) is 131 Å². The smallest absolute Gasteiger partial charge is 0.204 e. The van der Waals surface area contributed by atoms with Crippen LogP contribution in [-0.4, -0.2) is 85.0 Å². The normalized spacial score (nSPS) is 20.0. The van der Waals surface area contributed by atoms with E-state index >= 15 is 0 Å². The summed E-state index contributed by atoms with van der Waals surface area (Å²) >= 11 is 0. The number of aliphatic hydroxyl groups is 2. The number of guanidine groups is 1. The molecule has 15 rings (SSSR count). The minimum atomic E-state index is -0.878. The Morgan fingerprint density at radius 3 is 2.49 bits per heavy atom. The first kappa shape index (κ1) is 59.0. The van der Waals surface area contributed by atoms with E-state index < -0.39 is 17.4 Å². The molecule has 2 aliphatic carbocycles. The van der Waals surface area contributed by atoms with Crippen LogP contribution in [0.1, 0.15) is 76.7 Å². The topological polar surface area (TPSA) is 214 Å². The third-order valence-electron chi connectivity index (χ3n) is 19.5. The number of hydrogen-bond donors (Lipinski definition) is 7. The highest BCUT2D eigenvalue weighted by atomic mass is 16.5. The number of phenolic OH excluding ortho intramolecular Hbond substituents is 1. The summed E-state index contributed by atoms with van der Waals surface area (Å²) in [6, 6.07) is 53.3. The summed E-state index contributed by atoms with van der Waals surface area (Å²) in [4.78, 5) is 26.5. The average molecular weight is 1210 g/mol. The number of methoxy groups -OCH3 is 1. The quantitative estimate of drug-likeness (QED) is 0.0366. The van der Waals surface area contributed by atoms with Crippen LogP contribution in [0.5, 0.6) is 23.0 Å². The van der Waals surface area contributed by atoms with Gasteiger partial charge in [-0.05, 0) is 159 Å². The van der Waals surface area contributed by atoms with Crippen LogP contribution in [-0.2, 0) is 31.1 Å². The lowest BCUT2D eigenvalue weighted by Gasteiger charge is -2.49. The first-order valence-corrected chi connectivity index (χ1v) is 31.9. The molecule has 1 spiro atoms. The van der Waals surface area contributed by atoms with Gasteiger partial charge in [0, 0.05) is 72.4 Å². The van der Waals surface area contributed by atoms with Gasteiger partial charge in [0.15, 0.2) is 22.9 Å². The maximum Gasteiger partial charge on any atom is 0.204 e. The van der Waals surface area contributed by atoms with Gasteiger partial charge in [-0.15, -0.1) is 0 Å². The van der Waals surface area contributed by atoms with Gasteiger partial charge in [-0.3, -0.25) is 4.79 Å². The molecule has 5 heterocycles. The van der Waals surface area contributed by atoms with Crippen LogP contribution in [0.4, 0.5) is 11.5 Å². The van der Waals surface area contributed by atoms with Gasteiger partial charge in [0.1, 0.15) is 28.3 Å². The van der Waals surface area contributed by atoms with E-state index in [9.17, 15) is 20.1 Å². The van der Waals surface area contributed by atoms with Crippen molar-refractivity contribution in [2.45, 2.75) is 75.3 Å². The van der Waals surface area contributed by atoms with Crippen LogP contribution in [0.25, 0.3) is 67.1 Å². The van der Waals surface area contributed by atoms with E-state index in [0.29, 0.717) is 36.1 Å². The van der Waals surface area contributed by atoms with Gasteiger partial charge < -0.3 is 60.6 Å². The lowest BCUT2D eigenvalue weighted by molar-refractivity contribution is 0.157. The lowest BCUT2D eigenvalue weighted by Crippen LogP contribution is -2.60. The van der Waals surface area contributed by atoms with Crippen LogP contribution in [0.3, 0.4) is 0 Å². The largest absolute Gasteiger partial charge is 0.508 e. The van der Waals surface area contributed by atoms with Crippen molar-refractivity contribution in [3.05, 3.63) is 225 Å². The zero-order valence-corrected chi connectivity index (χ0v) is 51.3. The molecule has 1 saturated heterocycles. The Morgan fingerprint density at radius 1 is 0.868 bits per heavy atom. The number of ether oxygens (including phenoxy) is 3. The number of phenols is 1. The molecule has 10 aromatic rings. The maximum absolute atomic E-state index is 14.9. The number of fused-ring (bicyclic) bond motifs is 13. The molecule has 2 fully saturated rings. The third-order valence-corrected chi connectivity index (χ3v) is 19.5. The van der Waals surface area contributed by atoms with Crippen molar-refractivity contribution in [1.82, 2.24) is 10.3 Å². The number of aromatic hydroxyl groups is 1. The van der Waals surface area contributed by atoms with Gasteiger partial charge in [-0.2, -0.15) is 0 Å². The van der Waals surface area contributed by atoms with Crippen molar-refractivity contribution in [2.75, 3.05) is 51.5 Å². The van der Waals surface area contributed by atoms with Crippen molar-refractivity contribution >= 4 is 62.1 Å². The van der Waals surface area contributed by atoms with E-state index in [0.717, 1.165) is 83.8 Å². The number of nitrogens with one attached hydrogen (secondary N) is 2. The van der Waals surface area contributed by atoms with Crippen molar-refractivity contribution in [2.24, 2.45) is 28.3 Å². The molecule has 6 atom stereocenters. The van der Waals surface area contributed by atoms with Gasteiger partial charge in [-0.1, -0.05) is 134 Å². The second-order valence-corrected chi connectivity index (χ2v) is 25.0. The minimum Gasteiger partial charge on any atom is -0.508 e. The summed E-state index contributed by atoms with van der Waals surface area (Å²) in [5, 5.41) is 42.1. The average Bonchev–Trinajstić information content (AvgIpc) is 1.67. The standard InChI is InChI=1S/C77H76N6O8/c1-3-58-39-63-53-15-9-12-47(34-53)17-29-61-71-70(66(87)40-67(91-71)49-23-27-59(85)28-24-49)73(89-33-30-60(86)26-16-46-10-5-4-6-11-46)74(88-2)72(61)90-45-48(44-84)35-55-22-25-57(38-65(55)82-76(78)79)77(68-43-80-31-32-83(68)75(63)81-58)41-56-21-19-50-18-20-54-36-51-13-7-8-14-52(51)37-62(54)69(50)64(56)42-77/h4-16,18-28,34,36-40,48,56,60,64,68,80-81,84-86H,3,17,29-33,35,41-45H2,1-2H3,(H4,78,79,82). The minimum absolute atomic E-state index is 0.00415. The van der Waals surface area contributed by atoms with E-state index in [1.165, 1.54) is 45.8 Å². The molecular weight excluding hydrogens is 1140 g/mol. The number of rotatable bonds is 11. The zero-order chi connectivity index (χ0) is 62.3. The highest BCUT2D eigenvalue weighted by Gasteiger charge is 2.54. The SMILES string of the molecule is CCc1cc2c([nH]1)N1CCNCC1C1(CC3C=Cc4ccc5cc6ccccc6cc5c4C3C1)c1ccc(c(N=C(N)N)c1)CC(CO)COc1c(OC)c(OCCC(O)C=Cc3ccccc3)c3c(=O)cc(-c4ccc(O)cc4)oc3c1CCc1cccc-2c1. The van der Waals surface area contributed by atoms with Crippen molar-refractivity contribution < 1.29 is 33.9 Å². The maximum atomic E-state index is 14.9. The number of anilines is 1. The fourth-order valence-electron chi connectivity index (χ4n) is 15.0. The number of aromatic nitrogens is 1. The first-order valence-electron chi connectivity index (χ1n) is 31.9. The number of piperazine rings is 1. The molecule has 14 nitrogen and oxygen atoms in total. The number of nitrogens with two attached hydrogens (primary N) is 2. The number of hydrogen-bond acceptors (Lipinski definition) is 11. The number of aliphatic imine (C=N–C) groups is 1. The summed E-state index contributed by atoms with van der Waals surface area (Å²) in [6.07, 6.45) is 11.4. The number of aryl methyl sites for hydroxylation is 3. The molecule has 14 heteroatoms. The number of benzene rings is 8. The predicted molar refractivity (Wildman–Crippen MR) is 364 cm³/mol. The lowest BCUT2D eigenvalue weighted by atomic mass is 9.69. The monoisotopic (exact) mass is 1210 g/mol. The Bertz CT molecular complexity index is 4530. The van der Waals surface area contributed by atoms with Gasteiger partial charge in [0.05, 0.1) is 38.2 Å². The van der Waals surface area contributed by atoms with Gasteiger partial charge in [-0.25, -0.2) is 4.99 Å². The Balaban J connectivity index is 0.927. The Morgan fingerprint density at radius 2 is 1.69 bits per heavy atom. The molecule has 91 heavy (non-hydrogen) atoms. The van der Waals surface area contributed by atoms with E-state index in [1.54, 1.807) is 30.3 Å². The summed E-state index contributed by atoms with van der Waals surface area (Å²) in [6.45, 7) is 4.22. The number of allylic oxidation sites excluding steroid dienone is 1. The summed E-state index contributed by atoms with van der Waals surface area (Å²) in [7, 11) is 1.52. The summed E-state index contributed by atoms with van der Waals surface area (Å²) < 4.78 is 27.0. The van der Waals surface area contributed by atoms with Crippen LogP contribution in [0, 0.1) is 11.8 Å². The van der Waals surface area contributed by atoms with Crippen LogP contribution >= 0.6 is 0 Å². The molecule has 2 aromatic heterocycles. The second-order valence-electron chi connectivity index (χ2n) is 25.0. The van der Waals surface area contributed by atoms with Gasteiger partial charge >= 0.3 is 0 Å². The van der Waals surface area contributed by atoms with E-state index in [4.69, 9.17) is 35.1 Å². The summed E-state index contributed by atoms with van der Waals surface area (Å²) in [5.41, 5.74) is 24.0. The molecule has 6 unspecified atom stereocenters. The zero-order valence-electron chi connectivity index (χ0n) is 51.3. The fraction of sp³-hybridized carbons (Fsp3) is 0.273. The first-order chi connectivity index (χ1) is 44.4. The second kappa shape index (κ2) is 25.0. The Labute approximate surface area is 529 Å². The number of H-pyrrole nitrogens is 1. The van der Waals surface area contributed by atoms with E-state index in [-0.39, 0.29) is 95.2 Å². The third kappa shape index (κ3) is 11.4. The molecule has 8 aromatic carbocycles. The highest BCUT2D eigenvalue weighted by Crippen LogP contribution is 2.60. The predicted octanol–water partition coefficient (Wildman–Crippen LogP) is 13.1. The Kier molecular flexibility index (Phi) is 16.2. The van der Waals surface area contributed by atoms with Gasteiger partial charge in [0.2, 0.25) is 5.75 Å². The molecule has 0 amide bonds. The van der Waals surface area contributed by atoms with Crippen molar-refractivity contribution in [3.8, 4) is 45.4 Å². The Hall–Kier alpha value is -9.60. The van der Waals surface area contributed by atoms with Gasteiger partial charge in [0.25, 0.3) is 0 Å². The number of nitrogens with zero attached hydrogens (tertiary/aromatic N) is 2. The molecule has 3 aliphatic heterocycles. The van der Waals surface area contributed by atoms with Crippen LogP contribution in [0.2, 0.25) is 0 Å².